The third kappa shape index (κ3) is 4.87. The molecule has 2 nitrogen and oxygen atoms in total. The molecule has 1 amide bonds. The number of hydrogen-bond donors (Lipinski definition) is 0. The number of alkyl halides is 1. The summed E-state index contributed by atoms with van der Waals surface area (Å²) in [6.07, 6.45) is 0.809. The predicted octanol–water partition coefficient (Wildman–Crippen LogP) is 4.07. The number of amides is 1. The van der Waals surface area contributed by atoms with Gasteiger partial charge in [-0.2, -0.15) is 0 Å². The van der Waals surface area contributed by atoms with Gasteiger partial charge >= 0.3 is 0 Å². The number of carbonyl (C=O) groups excluding carboxylic acids is 1. The molecule has 0 fully saturated rings. The monoisotopic (exact) mass is 281 g/mol. The maximum absolute atomic E-state index is 12.2. The molecule has 0 aliphatic carbocycles. The number of halogens is 1. The molecular weight excluding hydrogens is 258 g/mol. The van der Waals surface area contributed by atoms with E-state index in [2.05, 4.69) is 20.8 Å². The predicted molar refractivity (Wildman–Crippen MR) is 82.0 cm³/mol. The fraction of sp³-hybridized carbons (Fsp3) is 0.562. The Morgan fingerprint density at radius 1 is 1.26 bits per heavy atom. The van der Waals surface area contributed by atoms with E-state index in [0.29, 0.717) is 6.54 Å². The molecular formula is C16H24ClNO. The molecule has 0 aliphatic rings. The number of benzene rings is 1. The molecule has 3 heteroatoms. The number of nitrogens with zero attached hydrogens (tertiary/aromatic N) is 1. The maximum Gasteiger partial charge on any atom is 0.253 e. The molecule has 0 aromatic heterocycles. The van der Waals surface area contributed by atoms with Gasteiger partial charge in [0.15, 0.2) is 0 Å². The van der Waals surface area contributed by atoms with Gasteiger partial charge in [0.25, 0.3) is 5.91 Å². The van der Waals surface area contributed by atoms with E-state index in [9.17, 15) is 4.79 Å². The van der Waals surface area contributed by atoms with Crippen molar-refractivity contribution in [3.8, 4) is 0 Å². The number of rotatable bonds is 4. The summed E-state index contributed by atoms with van der Waals surface area (Å²) in [4.78, 5) is 13.9. The van der Waals surface area contributed by atoms with Crippen molar-refractivity contribution in [2.24, 2.45) is 0 Å². The zero-order chi connectivity index (χ0) is 14.6. The second kappa shape index (κ2) is 6.42. The van der Waals surface area contributed by atoms with Crippen LogP contribution in [0.15, 0.2) is 24.3 Å². The van der Waals surface area contributed by atoms with Crippen molar-refractivity contribution >= 4 is 17.5 Å². The topological polar surface area (TPSA) is 20.3 Å². The normalized spacial score (nSPS) is 13.2. The van der Waals surface area contributed by atoms with Crippen molar-refractivity contribution in [1.82, 2.24) is 4.90 Å². The Kier molecular flexibility index (Phi) is 5.42. The van der Waals surface area contributed by atoms with Crippen LogP contribution in [0.2, 0.25) is 0 Å². The standard InChI is InChI=1S/C16H24ClNO/c1-12(17)10-11-18(5)15(19)13-6-8-14(9-7-13)16(2,3)4/h6-9,12H,10-11H2,1-5H3. The van der Waals surface area contributed by atoms with Crippen molar-refractivity contribution < 1.29 is 4.79 Å². The lowest BCUT2D eigenvalue weighted by atomic mass is 9.86. The average molecular weight is 282 g/mol. The average Bonchev–Trinajstić information content (AvgIpc) is 2.34. The fourth-order valence-corrected chi connectivity index (χ4v) is 1.90. The van der Waals surface area contributed by atoms with Gasteiger partial charge < -0.3 is 4.90 Å². The molecule has 0 heterocycles. The summed E-state index contributed by atoms with van der Waals surface area (Å²) in [5.41, 5.74) is 2.08. The first-order valence-corrected chi connectivity index (χ1v) is 7.15. The molecule has 1 unspecified atom stereocenters. The first-order valence-electron chi connectivity index (χ1n) is 6.72. The first-order chi connectivity index (χ1) is 8.71. The van der Waals surface area contributed by atoms with E-state index in [0.717, 1.165) is 12.0 Å². The van der Waals surface area contributed by atoms with Crippen molar-refractivity contribution in [3.63, 3.8) is 0 Å². The molecule has 0 N–H and O–H groups in total. The molecule has 0 saturated heterocycles. The van der Waals surface area contributed by atoms with Crippen LogP contribution in [0.4, 0.5) is 0 Å². The lowest BCUT2D eigenvalue weighted by Gasteiger charge is -2.21. The molecule has 1 atom stereocenters. The lowest BCUT2D eigenvalue weighted by Crippen LogP contribution is -2.28. The highest BCUT2D eigenvalue weighted by molar-refractivity contribution is 6.20. The van der Waals surface area contributed by atoms with Crippen molar-refractivity contribution in [2.75, 3.05) is 13.6 Å². The molecule has 1 rings (SSSR count). The summed E-state index contributed by atoms with van der Waals surface area (Å²) < 4.78 is 0. The molecule has 1 aromatic carbocycles. The van der Waals surface area contributed by atoms with Gasteiger partial charge in [-0.05, 0) is 36.5 Å². The molecule has 19 heavy (non-hydrogen) atoms. The molecule has 0 bridgehead atoms. The van der Waals surface area contributed by atoms with Gasteiger partial charge in [0.2, 0.25) is 0 Å². The van der Waals surface area contributed by atoms with Gasteiger partial charge in [-0.1, -0.05) is 32.9 Å². The molecule has 0 aliphatic heterocycles. The van der Waals surface area contributed by atoms with Gasteiger partial charge in [0, 0.05) is 24.5 Å². The Balaban J connectivity index is 2.72. The Bertz CT molecular complexity index is 417. The van der Waals surface area contributed by atoms with E-state index in [1.54, 1.807) is 4.90 Å². The van der Waals surface area contributed by atoms with Gasteiger partial charge in [-0.25, -0.2) is 0 Å². The summed E-state index contributed by atoms with van der Waals surface area (Å²) in [6.45, 7) is 9.12. The Hall–Kier alpha value is -1.02. The van der Waals surface area contributed by atoms with Crippen molar-refractivity contribution in [3.05, 3.63) is 35.4 Å². The third-order valence-corrected chi connectivity index (χ3v) is 3.43. The molecule has 0 radical (unpaired) electrons. The van der Waals surface area contributed by atoms with Crippen LogP contribution in [0, 0.1) is 0 Å². The van der Waals surface area contributed by atoms with Gasteiger partial charge in [0.1, 0.15) is 0 Å². The van der Waals surface area contributed by atoms with Crippen LogP contribution in [0.1, 0.15) is 50.0 Å². The summed E-state index contributed by atoms with van der Waals surface area (Å²) in [5.74, 6) is 0.0535. The van der Waals surface area contributed by atoms with E-state index in [4.69, 9.17) is 11.6 Å². The fourth-order valence-electron chi connectivity index (χ4n) is 1.81. The second-order valence-corrected chi connectivity index (χ2v) is 6.87. The Morgan fingerprint density at radius 2 is 1.79 bits per heavy atom. The summed E-state index contributed by atoms with van der Waals surface area (Å²) >= 11 is 5.91. The van der Waals surface area contributed by atoms with E-state index in [1.165, 1.54) is 5.56 Å². The zero-order valence-electron chi connectivity index (χ0n) is 12.5. The lowest BCUT2D eigenvalue weighted by molar-refractivity contribution is 0.0793. The zero-order valence-corrected chi connectivity index (χ0v) is 13.3. The quantitative estimate of drug-likeness (QED) is 0.762. The van der Waals surface area contributed by atoms with Crippen LogP contribution in [-0.4, -0.2) is 29.8 Å². The molecule has 1 aromatic rings. The van der Waals surface area contributed by atoms with Crippen molar-refractivity contribution in [1.29, 1.82) is 0 Å². The largest absolute Gasteiger partial charge is 0.342 e. The number of carbonyl (C=O) groups is 1. The summed E-state index contributed by atoms with van der Waals surface area (Å²) in [7, 11) is 1.82. The van der Waals surface area contributed by atoms with Crippen LogP contribution in [-0.2, 0) is 5.41 Å². The molecule has 106 valence electrons. The van der Waals surface area contributed by atoms with Crippen molar-refractivity contribution in [2.45, 2.75) is 44.9 Å². The maximum atomic E-state index is 12.2. The highest BCUT2D eigenvalue weighted by atomic mass is 35.5. The smallest absolute Gasteiger partial charge is 0.253 e. The van der Waals surface area contributed by atoms with E-state index >= 15 is 0 Å². The summed E-state index contributed by atoms with van der Waals surface area (Å²) in [6, 6.07) is 7.88. The number of hydrogen-bond acceptors (Lipinski definition) is 1. The SMILES string of the molecule is CC(Cl)CCN(C)C(=O)c1ccc(C(C)(C)C)cc1. The second-order valence-electron chi connectivity index (χ2n) is 6.12. The van der Waals surface area contributed by atoms with E-state index in [-0.39, 0.29) is 16.7 Å². The summed E-state index contributed by atoms with van der Waals surface area (Å²) in [5, 5.41) is 0.0958. The first kappa shape index (κ1) is 16.0. The third-order valence-electron chi connectivity index (χ3n) is 3.21. The van der Waals surface area contributed by atoms with Crippen LogP contribution in [0.3, 0.4) is 0 Å². The van der Waals surface area contributed by atoms with Gasteiger partial charge in [-0.3, -0.25) is 4.79 Å². The minimum atomic E-state index is 0.0535. The minimum absolute atomic E-state index is 0.0535. The molecule has 0 spiro atoms. The van der Waals surface area contributed by atoms with E-state index in [1.807, 2.05) is 38.2 Å². The molecule has 0 saturated carbocycles. The van der Waals surface area contributed by atoms with Crippen LogP contribution >= 0.6 is 11.6 Å². The minimum Gasteiger partial charge on any atom is -0.342 e. The van der Waals surface area contributed by atoms with Crippen LogP contribution in [0.5, 0.6) is 0 Å². The van der Waals surface area contributed by atoms with Crippen LogP contribution < -0.4 is 0 Å². The Labute approximate surface area is 121 Å². The van der Waals surface area contributed by atoms with Gasteiger partial charge in [-0.15, -0.1) is 11.6 Å². The highest BCUT2D eigenvalue weighted by Gasteiger charge is 2.16. The van der Waals surface area contributed by atoms with Gasteiger partial charge in [0.05, 0.1) is 0 Å². The van der Waals surface area contributed by atoms with Crippen LogP contribution in [0.25, 0.3) is 0 Å². The Morgan fingerprint density at radius 3 is 2.21 bits per heavy atom. The highest BCUT2D eigenvalue weighted by Crippen LogP contribution is 2.22. The van der Waals surface area contributed by atoms with E-state index < -0.39 is 0 Å².